The summed E-state index contributed by atoms with van der Waals surface area (Å²) in [6.45, 7) is 4.57. The van der Waals surface area contributed by atoms with E-state index >= 15 is 0 Å². The zero-order valence-corrected chi connectivity index (χ0v) is 23.6. The summed E-state index contributed by atoms with van der Waals surface area (Å²) >= 11 is 1.81. The molecule has 0 amide bonds. The van der Waals surface area contributed by atoms with Gasteiger partial charge in [0.05, 0.1) is 16.1 Å². The van der Waals surface area contributed by atoms with Crippen molar-refractivity contribution in [3.8, 4) is 45.4 Å². The fourth-order valence-corrected chi connectivity index (χ4v) is 7.14. The van der Waals surface area contributed by atoms with Crippen LogP contribution < -0.4 is 4.74 Å². The normalized spacial score (nSPS) is 13.5. The quantitative estimate of drug-likeness (QED) is 0.221. The van der Waals surface area contributed by atoms with Crippen LogP contribution in [0.3, 0.4) is 0 Å². The average Bonchev–Trinajstić information content (AvgIpc) is 3.41. The van der Waals surface area contributed by atoms with E-state index in [1.165, 1.54) is 25.7 Å². The number of hydrogen-bond acceptors (Lipinski definition) is 4. The monoisotopic (exact) mass is 546 g/mol. The molecule has 4 heteroatoms. The van der Waals surface area contributed by atoms with Gasteiger partial charge in [0.25, 0.3) is 0 Å². The molecule has 0 atom stereocenters. The van der Waals surface area contributed by atoms with Gasteiger partial charge < -0.3 is 4.74 Å². The molecule has 0 radical (unpaired) electrons. The smallest absolute Gasteiger partial charge is 0.160 e. The molecule has 0 fully saturated rings. The van der Waals surface area contributed by atoms with Gasteiger partial charge in [-0.25, -0.2) is 9.97 Å². The van der Waals surface area contributed by atoms with Crippen LogP contribution in [-0.2, 0) is 5.41 Å². The van der Waals surface area contributed by atoms with Gasteiger partial charge in [0.15, 0.2) is 5.82 Å². The Morgan fingerprint density at radius 3 is 1.95 bits per heavy atom. The van der Waals surface area contributed by atoms with Gasteiger partial charge in [0.1, 0.15) is 11.5 Å². The molecule has 3 heterocycles. The Labute approximate surface area is 242 Å². The molecule has 0 saturated heterocycles. The highest BCUT2D eigenvalue weighted by molar-refractivity contribution is 7.26. The van der Waals surface area contributed by atoms with Gasteiger partial charge in [-0.2, -0.15) is 0 Å². The van der Waals surface area contributed by atoms with Crippen molar-refractivity contribution in [2.45, 2.75) is 19.3 Å². The summed E-state index contributed by atoms with van der Waals surface area (Å²) in [6.07, 6.45) is 0. The number of benzene rings is 5. The number of fused-ring (bicyclic) bond motifs is 6. The van der Waals surface area contributed by atoms with Crippen molar-refractivity contribution in [3.63, 3.8) is 0 Å². The molecule has 0 N–H and O–H groups in total. The summed E-state index contributed by atoms with van der Waals surface area (Å²) in [6, 6.07) is 42.2. The van der Waals surface area contributed by atoms with Crippen LogP contribution in [0.15, 0.2) is 121 Å². The van der Waals surface area contributed by atoms with Crippen LogP contribution in [0.1, 0.15) is 25.0 Å². The standard InChI is InChI=1S/C37H26N2OS/c1-37(2)28-19-18-27-26-15-9-10-16-33(26)41-35(27)34(28)40-32-20-17-25(21-29(32)37)36-38-30(23-11-5-3-6-12-23)22-31(39-36)24-13-7-4-8-14-24/h3-22H,1-2H3. The van der Waals surface area contributed by atoms with E-state index in [0.717, 1.165) is 45.1 Å². The molecule has 41 heavy (non-hydrogen) atoms. The maximum absolute atomic E-state index is 6.70. The molecule has 0 unspecified atom stereocenters. The van der Waals surface area contributed by atoms with Crippen molar-refractivity contribution < 1.29 is 4.74 Å². The molecule has 1 aliphatic rings. The third-order valence-electron chi connectivity index (χ3n) is 8.16. The zero-order valence-electron chi connectivity index (χ0n) is 22.8. The van der Waals surface area contributed by atoms with Crippen LogP contribution in [0, 0.1) is 0 Å². The molecule has 0 saturated carbocycles. The van der Waals surface area contributed by atoms with E-state index < -0.39 is 0 Å². The van der Waals surface area contributed by atoms with E-state index in [-0.39, 0.29) is 5.41 Å². The first-order chi connectivity index (χ1) is 20.1. The predicted molar refractivity (Wildman–Crippen MR) is 170 cm³/mol. The van der Waals surface area contributed by atoms with Gasteiger partial charge in [0, 0.05) is 48.7 Å². The minimum Gasteiger partial charge on any atom is -0.455 e. The first-order valence-electron chi connectivity index (χ1n) is 13.8. The maximum Gasteiger partial charge on any atom is 0.160 e. The molecule has 3 nitrogen and oxygen atoms in total. The average molecular weight is 547 g/mol. The molecule has 1 aliphatic heterocycles. The lowest BCUT2D eigenvalue weighted by molar-refractivity contribution is 0.424. The zero-order chi connectivity index (χ0) is 27.6. The second-order valence-electron chi connectivity index (χ2n) is 11.0. The summed E-state index contributed by atoms with van der Waals surface area (Å²) in [5.41, 5.74) is 6.99. The Kier molecular flexibility index (Phi) is 5.34. The lowest BCUT2D eigenvalue weighted by Gasteiger charge is -2.35. The molecule has 8 rings (SSSR count). The molecule has 0 aliphatic carbocycles. The minimum absolute atomic E-state index is 0.261. The Hall–Kier alpha value is -4.80. The van der Waals surface area contributed by atoms with Gasteiger partial charge in [0.2, 0.25) is 0 Å². The van der Waals surface area contributed by atoms with Crippen LogP contribution in [-0.4, -0.2) is 9.97 Å². The van der Waals surface area contributed by atoms with Crippen LogP contribution in [0.5, 0.6) is 11.5 Å². The van der Waals surface area contributed by atoms with Crippen LogP contribution >= 0.6 is 11.3 Å². The molecule has 2 aromatic heterocycles. The second kappa shape index (κ2) is 9.12. The number of ether oxygens (including phenoxy) is 1. The highest BCUT2D eigenvalue weighted by Gasteiger charge is 2.36. The number of rotatable bonds is 3. The van der Waals surface area contributed by atoms with E-state index in [1.807, 2.05) is 36.4 Å². The molecule has 5 aromatic carbocycles. The lowest BCUT2D eigenvalue weighted by Crippen LogP contribution is -2.24. The van der Waals surface area contributed by atoms with E-state index in [1.54, 1.807) is 11.3 Å². The van der Waals surface area contributed by atoms with Crippen molar-refractivity contribution in [2.24, 2.45) is 0 Å². The lowest BCUT2D eigenvalue weighted by atomic mass is 9.75. The van der Waals surface area contributed by atoms with E-state index in [9.17, 15) is 0 Å². The van der Waals surface area contributed by atoms with Crippen LogP contribution in [0.4, 0.5) is 0 Å². The van der Waals surface area contributed by atoms with Gasteiger partial charge in [-0.1, -0.05) is 105 Å². The Morgan fingerprint density at radius 2 is 1.24 bits per heavy atom. The molecule has 0 spiro atoms. The van der Waals surface area contributed by atoms with Gasteiger partial charge >= 0.3 is 0 Å². The maximum atomic E-state index is 6.70. The van der Waals surface area contributed by atoms with Crippen molar-refractivity contribution in [3.05, 3.63) is 132 Å². The Balaban J connectivity index is 1.28. The van der Waals surface area contributed by atoms with Crippen LogP contribution in [0.25, 0.3) is 54.1 Å². The summed E-state index contributed by atoms with van der Waals surface area (Å²) in [5.74, 6) is 2.57. The largest absolute Gasteiger partial charge is 0.455 e. The molecule has 0 bridgehead atoms. The van der Waals surface area contributed by atoms with Gasteiger partial charge in [-0.15, -0.1) is 11.3 Å². The topological polar surface area (TPSA) is 35.0 Å². The number of hydrogen-bond donors (Lipinski definition) is 0. The number of thiophene rings is 1. The molecular formula is C37H26N2OS. The van der Waals surface area contributed by atoms with Crippen molar-refractivity contribution in [1.29, 1.82) is 0 Å². The van der Waals surface area contributed by atoms with E-state index in [2.05, 4.69) is 98.8 Å². The van der Waals surface area contributed by atoms with Crippen molar-refractivity contribution >= 4 is 31.5 Å². The first kappa shape index (κ1) is 24.0. The third-order valence-corrected chi connectivity index (χ3v) is 9.35. The van der Waals surface area contributed by atoms with Crippen molar-refractivity contribution in [1.82, 2.24) is 9.97 Å². The third kappa shape index (κ3) is 3.86. The number of aromatic nitrogens is 2. The molecule has 7 aromatic rings. The Bertz CT molecular complexity index is 2040. The highest BCUT2D eigenvalue weighted by atomic mass is 32.1. The Morgan fingerprint density at radius 1 is 0.585 bits per heavy atom. The van der Waals surface area contributed by atoms with Gasteiger partial charge in [-0.05, 0) is 30.3 Å². The number of nitrogens with zero attached hydrogens (tertiary/aromatic N) is 2. The molecular weight excluding hydrogens is 520 g/mol. The summed E-state index contributed by atoms with van der Waals surface area (Å²) in [4.78, 5) is 10.1. The van der Waals surface area contributed by atoms with Gasteiger partial charge in [-0.3, -0.25) is 0 Å². The highest BCUT2D eigenvalue weighted by Crippen LogP contribution is 2.53. The minimum atomic E-state index is -0.261. The summed E-state index contributed by atoms with van der Waals surface area (Å²) in [5, 5.41) is 2.53. The summed E-state index contributed by atoms with van der Waals surface area (Å²) in [7, 11) is 0. The first-order valence-corrected chi connectivity index (χ1v) is 14.7. The molecule has 196 valence electrons. The van der Waals surface area contributed by atoms with E-state index in [0.29, 0.717) is 5.82 Å². The SMILES string of the molecule is CC1(C)c2cc(-c3nc(-c4ccccc4)cc(-c4ccccc4)n3)ccc2Oc2c1ccc1c2sc2ccccc21. The van der Waals surface area contributed by atoms with Crippen molar-refractivity contribution in [2.75, 3.05) is 0 Å². The van der Waals surface area contributed by atoms with E-state index in [4.69, 9.17) is 14.7 Å². The predicted octanol–water partition coefficient (Wildman–Crippen LogP) is 10.3. The summed E-state index contributed by atoms with van der Waals surface area (Å²) < 4.78 is 9.19. The van der Waals surface area contributed by atoms with Crippen LogP contribution in [0.2, 0.25) is 0 Å². The fourth-order valence-electron chi connectivity index (χ4n) is 5.95. The fraction of sp³-hybridized carbons (Fsp3) is 0.0811. The second-order valence-corrected chi connectivity index (χ2v) is 12.1.